The fraction of sp³-hybridized carbons (Fsp3) is 0.400. The normalized spacial score (nSPS) is 15.6. The Morgan fingerprint density at radius 3 is 2.57 bits per heavy atom. The molecule has 1 aliphatic rings. The van der Waals surface area contributed by atoms with Gasteiger partial charge in [0.1, 0.15) is 17.5 Å². The maximum Gasteiger partial charge on any atom is 0.266 e. The lowest BCUT2D eigenvalue weighted by atomic mass is 10.0. The minimum absolute atomic E-state index is 0.120. The first-order valence-corrected chi connectivity index (χ1v) is 9.61. The van der Waals surface area contributed by atoms with E-state index in [4.69, 9.17) is 4.74 Å². The molecule has 1 saturated heterocycles. The summed E-state index contributed by atoms with van der Waals surface area (Å²) in [5.41, 5.74) is 0.326. The van der Waals surface area contributed by atoms with E-state index < -0.39 is 23.8 Å². The van der Waals surface area contributed by atoms with Crippen LogP contribution in [0.4, 0.5) is 24.8 Å². The number of morpholine rings is 1. The van der Waals surface area contributed by atoms with Gasteiger partial charge in [0, 0.05) is 18.7 Å². The second kappa shape index (κ2) is 8.39. The van der Waals surface area contributed by atoms with Gasteiger partial charge in [-0.05, 0) is 13.8 Å². The summed E-state index contributed by atoms with van der Waals surface area (Å²) in [7, 11) is 0. The maximum absolute atomic E-state index is 14.6. The molecule has 0 bridgehead atoms. The summed E-state index contributed by atoms with van der Waals surface area (Å²) in [6.07, 6.45) is -1.24. The molecule has 2 aromatic heterocycles. The first-order valence-electron chi connectivity index (χ1n) is 9.61. The standard InChI is InChI=1S/C20H21F3N6O/c1-11(13-4-3-5-14(16(13)21)18(22)23)25-20-17-19(26-12(2)27-20)24-10-15(28-17)29-6-8-30-9-7-29/h3-5,10-11,18H,6-9H2,1-2H3,(H,24,25,26,27)/t11-/m1/s1. The summed E-state index contributed by atoms with van der Waals surface area (Å²) in [5, 5.41) is 3.10. The average molecular weight is 418 g/mol. The Morgan fingerprint density at radius 2 is 1.83 bits per heavy atom. The molecule has 7 nitrogen and oxygen atoms in total. The van der Waals surface area contributed by atoms with Crippen LogP contribution in [0.1, 0.15) is 36.3 Å². The molecular weight excluding hydrogens is 397 g/mol. The molecule has 4 rings (SSSR count). The van der Waals surface area contributed by atoms with Gasteiger partial charge in [-0.1, -0.05) is 18.2 Å². The van der Waals surface area contributed by atoms with E-state index in [0.29, 0.717) is 54.9 Å². The van der Waals surface area contributed by atoms with E-state index in [9.17, 15) is 13.2 Å². The van der Waals surface area contributed by atoms with Gasteiger partial charge in [0.25, 0.3) is 6.43 Å². The molecule has 0 aliphatic carbocycles. The summed E-state index contributed by atoms with van der Waals surface area (Å²) >= 11 is 0. The zero-order chi connectivity index (χ0) is 21.3. The monoisotopic (exact) mass is 418 g/mol. The lowest BCUT2D eigenvalue weighted by Gasteiger charge is -2.27. The van der Waals surface area contributed by atoms with Crippen LogP contribution in [0.2, 0.25) is 0 Å². The van der Waals surface area contributed by atoms with E-state index in [2.05, 4.69) is 30.2 Å². The van der Waals surface area contributed by atoms with Crippen molar-refractivity contribution in [3.63, 3.8) is 0 Å². The molecule has 30 heavy (non-hydrogen) atoms. The highest BCUT2D eigenvalue weighted by Crippen LogP contribution is 2.30. The number of halogens is 3. The molecule has 3 aromatic rings. The summed E-state index contributed by atoms with van der Waals surface area (Å²) < 4.78 is 46.1. The third-order valence-corrected chi connectivity index (χ3v) is 4.95. The number of hydrogen-bond donors (Lipinski definition) is 1. The van der Waals surface area contributed by atoms with E-state index in [0.717, 1.165) is 6.07 Å². The van der Waals surface area contributed by atoms with Crippen molar-refractivity contribution in [3.05, 3.63) is 47.2 Å². The molecule has 0 unspecified atom stereocenters. The van der Waals surface area contributed by atoms with Crippen molar-refractivity contribution >= 4 is 22.8 Å². The van der Waals surface area contributed by atoms with Crippen molar-refractivity contribution in [2.75, 3.05) is 36.5 Å². The molecule has 0 radical (unpaired) electrons. The molecule has 3 heterocycles. The summed E-state index contributed by atoms with van der Waals surface area (Å²) in [6, 6.07) is 3.34. The van der Waals surface area contributed by atoms with Gasteiger partial charge in [0.15, 0.2) is 17.0 Å². The number of ether oxygens (including phenoxy) is 1. The van der Waals surface area contributed by atoms with Crippen molar-refractivity contribution in [1.82, 2.24) is 19.9 Å². The number of nitrogens with one attached hydrogen (secondary N) is 1. The van der Waals surface area contributed by atoms with Crippen LogP contribution in [-0.2, 0) is 4.74 Å². The second-order valence-corrected chi connectivity index (χ2v) is 7.04. The highest BCUT2D eigenvalue weighted by molar-refractivity contribution is 5.83. The zero-order valence-electron chi connectivity index (χ0n) is 16.6. The molecule has 0 amide bonds. The number of rotatable bonds is 5. The molecule has 0 spiro atoms. The number of benzene rings is 1. The number of fused-ring (bicyclic) bond motifs is 1. The van der Waals surface area contributed by atoms with Gasteiger partial charge in [-0.3, -0.25) is 0 Å². The van der Waals surface area contributed by atoms with Crippen LogP contribution >= 0.6 is 0 Å². The van der Waals surface area contributed by atoms with Crippen LogP contribution in [0, 0.1) is 12.7 Å². The van der Waals surface area contributed by atoms with E-state index in [1.807, 2.05) is 0 Å². The van der Waals surface area contributed by atoms with Crippen LogP contribution in [0.25, 0.3) is 11.2 Å². The van der Waals surface area contributed by atoms with Crippen LogP contribution in [0.5, 0.6) is 0 Å². The number of anilines is 2. The third kappa shape index (κ3) is 4.00. The van der Waals surface area contributed by atoms with Gasteiger partial charge in [-0.15, -0.1) is 0 Å². The highest BCUT2D eigenvalue weighted by atomic mass is 19.3. The maximum atomic E-state index is 14.6. The van der Waals surface area contributed by atoms with E-state index in [-0.39, 0.29) is 5.56 Å². The van der Waals surface area contributed by atoms with Crippen molar-refractivity contribution in [1.29, 1.82) is 0 Å². The number of alkyl halides is 2. The molecule has 1 aromatic carbocycles. The largest absolute Gasteiger partial charge is 0.378 e. The molecule has 10 heteroatoms. The van der Waals surface area contributed by atoms with Gasteiger partial charge in [-0.2, -0.15) is 0 Å². The Bertz CT molecular complexity index is 1060. The van der Waals surface area contributed by atoms with Gasteiger partial charge >= 0.3 is 0 Å². The Balaban J connectivity index is 1.70. The Morgan fingerprint density at radius 1 is 1.10 bits per heavy atom. The van der Waals surface area contributed by atoms with Gasteiger partial charge in [0.2, 0.25) is 0 Å². The predicted molar refractivity (Wildman–Crippen MR) is 106 cm³/mol. The number of nitrogens with zero attached hydrogens (tertiary/aromatic N) is 5. The van der Waals surface area contributed by atoms with E-state index in [1.165, 1.54) is 12.1 Å². The van der Waals surface area contributed by atoms with Crippen LogP contribution in [0.3, 0.4) is 0 Å². The quantitative estimate of drug-likeness (QED) is 0.675. The van der Waals surface area contributed by atoms with Gasteiger partial charge in [0.05, 0.1) is 31.0 Å². The minimum Gasteiger partial charge on any atom is -0.378 e. The highest BCUT2D eigenvalue weighted by Gasteiger charge is 2.21. The smallest absolute Gasteiger partial charge is 0.266 e. The zero-order valence-corrected chi connectivity index (χ0v) is 16.6. The van der Waals surface area contributed by atoms with Crippen molar-refractivity contribution in [2.24, 2.45) is 0 Å². The lowest BCUT2D eigenvalue weighted by molar-refractivity contribution is 0.122. The summed E-state index contributed by atoms with van der Waals surface area (Å²) in [6.45, 7) is 5.98. The Labute approximate surface area is 171 Å². The summed E-state index contributed by atoms with van der Waals surface area (Å²) in [5.74, 6) is 0.574. The number of aryl methyl sites for hydroxylation is 1. The van der Waals surface area contributed by atoms with Crippen LogP contribution in [-0.4, -0.2) is 46.2 Å². The van der Waals surface area contributed by atoms with Gasteiger partial charge < -0.3 is 15.0 Å². The molecule has 1 N–H and O–H groups in total. The fourth-order valence-corrected chi connectivity index (χ4v) is 3.41. The Kier molecular flexibility index (Phi) is 5.67. The van der Waals surface area contributed by atoms with Gasteiger partial charge in [-0.25, -0.2) is 33.1 Å². The van der Waals surface area contributed by atoms with E-state index in [1.54, 1.807) is 20.0 Å². The number of aromatic nitrogens is 4. The molecule has 1 fully saturated rings. The molecule has 1 atom stereocenters. The molecular formula is C20H21F3N6O. The van der Waals surface area contributed by atoms with Crippen molar-refractivity contribution < 1.29 is 17.9 Å². The van der Waals surface area contributed by atoms with Crippen LogP contribution < -0.4 is 10.2 Å². The third-order valence-electron chi connectivity index (χ3n) is 4.95. The lowest BCUT2D eigenvalue weighted by Crippen LogP contribution is -2.36. The molecule has 1 aliphatic heterocycles. The molecule has 158 valence electrons. The topological polar surface area (TPSA) is 76.1 Å². The Hall–Kier alpha value is -3.01. The van der Waals surface area contributed by atoms with Crippen molar-refractivity contribution in [3.8, 4) is 0 Å². The second-order valence-electron chi connectivity index (χ2n) is 7.04. The molecule has 0 saturated carbocycles. The average Bonchev–Trinajstić information content (AvgIpc) is 2.74. The first kappa shape index (κ1) is 20.3. The number of hydrogen-bond acceptors (Lipinski definition) is 7. The summed E-state index contributed by atoms with van der Waals surface area (Å²) in [4.78, 5) is 19.8. The van der Waals surface area contributed by atoms with E-state index >= 15 is 0 Å². The minimum atomic E-state index is -2.89. The fourth-order valence-electron chi connectivity index (χ4n) is 3.41. The first-order chi connectivity index (χ1) is 14.4. The SMILES string of the molecule is Cc1nc(N[C@H](C)c2cccc(C(F)F)c2F)c2nc(N3CCOCC3)cnc2n1. The van der Waals surface area contributed by atoms with Crippen molar-refractivity contribution in [2.45, 2.75) is 26.3 Å². The predicted octanol–water partition coefficient (Wildman–Crippen LogP) is 3.81. The van der Waals surface area contributed by atoms with Crippen LogP contribution in [0.15, 0.2) is 24.4 Å².